The molecule has 0 aromatic heterocycles. The molecule has 0 radical (unpaired) electrons. The van der Waals surface area contributed by atoms with E-state index in [1.165, 1.54) is 9.91 Å². The molecule has 8 nitrogen and oxygen atoms in total. The van der Waals surface area contributed by atoms with Gasteiger partial charge in [0.1, 0.15) is 25.4 Å². The van der Waals surface area contributed by atoms with Gasteiger partial charge in [-0.15, -0.1) is 0 Å². The summed E-state index contributed by atoms with van der Waals surface area (Å²) < 4.78 is 10.5. The highest BCUT2D eigenvalue weighted by molar-refractivity contribution is 5.88. The SMILES string of the molecule is COc1ccc(C2=CCC(=O)N(CC(=O)NCC[NH+]3CCOCC3)N2)cc1. The summed E-state index contributed by atoms with van der Waals surface area (Å²) in [6, 6.07) is 7.55. The summed E-state index contributed by atoms with van der Waals surface area (Å²) in [7, 11) is 1.62. The first kappa shape index (κ1) is 19.2. The fraction of sp³-hybridized carbons (Fsp3) is 0.474. The number of rotatable bonds is 7. The molecule has 3 N–H and O–H groups in total. The molecule has 2 amide bonds. The Labute approximate surface area is 159 Å². The standard InChI is InChI=1S/C19H26N4O4/c1-26-16-4-2-15(3-5-16)17-6-7-19(25)23(21-17)14-18(24)20-8-9-22-10-12-27-13-11-22/h2-6,21H,7-14H2,1H3,(H,20,24)/p+1. The van der Waals surface area contributed by atoms with Crippen molar-refractivity contribution in [2.75, 3.05) is 53.0 Å². The molecule has 8 heteroatoms. The highest BCUT2D eigenvalue weighted by atomic mass is 16.5. The number of morpholine rings is 1. The predicted octanol–water partition coefficient (Wildman–Crippen LogP) is -1.20. The minimum atomic E-state index is -0.167. The van der Waals surface area contributed by atoms with Gasteiger partial charge in [0, 0.05) is 6.42 Å². The number of hydrogen-bond acceptors (Lipinski definition) is 5. The van der Waals surface area contributed by atoms with Crippen LogP contribution in [0.25, 0.3) is 5.70 Å². The first-order valence-corrected chi connectivity index (χ1v) is 9.25. The van der Waals surface area contributed by atoms with Crippen LogP contribution in [0.1, 0.15) is 12.0 Å². The lowest BCUT2D eigenvalue weighted by Crippen LogP contribution is -3.14. The Bertz CT molecular complexity index is 683. The topological polar surface area (TPSA) is 84.3 Å². The summed E-state index contributed by atoms with van der Waals surface area (Å²) in [5, 5.41) is 4.27. The molecule has 2 aliphatic heterocycles. The van der Waals surface area contributed by atoms with Crippen molar-refractivity contribution < 1.29 is 24.0 Å². The molecule has 1 aromatic carbocycles. The van der Waals surface area contributed by atoms with E-state index in [2.05, 4.69) is 10.7 Å². The van der Waals surface area contributed by atoms with Crippen LogP contribution in [0.5, 0.6) is 5.75 Å². The van der Waals surface area contributed by atoms with E-state index in [0.717, 1.165) is 49.9 Å². The van der Waals surface area contributed by atoms with Crippen LogP contribution in [0.4, 0.5) is 0 Å². The van der Waals surface area contributed by atoms with Gasteiger partial charge >= 0.3 is 0 Å². The maximum atomic E-state index is 12.2. The number of ether oxygens (including phenoxy) is 2. The second kappa shape index (κ2) is 9.38. The number of hydrogen-bond donors (Lipinski definition) is 3. The highest BCUT2D eigenvalue weighted by Crippen LogP contribution is 2.20. The zero-order valence-electron chi connectivity index (χ0n) is 15.6. The van der Waals surface area contributed by atoms with E-state index in [-0.39, 0.29) is 24.8 Å². The first-order valence-electron chi connectivity index (χ1n) is 9.25. The number of amides is 2. The van der Waals surface area contributed by atoms with Gasteiger partial charge in [-0.2, -0.15) is 0 Å². The molecule has 2 heterocycles. The highest BCUT2D eigenvalue weighted by Gasteiger charge is 2.22. The molecule has 0 aliphatic carbocycles. The molecule has 2 aliphatic rings. The second-order valence-electron chi connectivity index (χ2n) is 6.60. The Morgan fingerprint density at radius 3 is 2.74 bits per heavy atom. The van der Waals surface area contributed by atoms with Crippen molar-refractivity contribution in [3.05, 3.63) is 35.9 Å². The summed E-state index contributed by atoms with van der Waals surface area (Å²) in [5.74, 6) is 0.477. The third kappa shape index (κ3) is 5.45. The van der Waals surface area contributed by atoms with E-state index < -0.39 is 0 Å². The molecule has 146 valence electrons. The van der Waals surface area contributed by atoms with Crippen LogP contribution in [0.3, 0.4) is 0 Å². The molecule has 1 saturated heterocycles. The third-order valence-corrected chi connectivity index (χ3v) is 4.74. The fourth-order valence-electron chi connectivity index (χ4n) is 3.12. The number of nitrogens with one attached hydrogen (secondary N) is 3. The van der Waals surface area contributed by atoms with Gasteiger partial charge in [0.2, 0.25) is 11.8 Å². The van der Waals surface area contributed by atoms with E-state index in [9.17, 15) is 9.59 Å². The van der Waals surface area contributed by atoms with E-state index >= 15 is 0 Å². The van der Waals surface area contributed by atoms with Crippen LogP contribution in [0, 0.1) is 0 Å². The van der Waals surface area contributed by atoms with Gasteiger partial charge in [-0.05, 0) is 35.9 Å². The van der Waals surface area contributed by atoms with E-state index in [1.807, 2.05) is 30.3 Å². The zero-order chi connectivity index (χ0) is 19.1. The van der Waals surface area contributed by atoms with Gasteiger partial charge in [-0.1, -0.05) is 0 Å². The molecule has 1 aromatic rings. The molecule has 3 rings (SSSR count). The molecular formula is C19H27N4O4+. The van der Waals surface area contributed by atoms with E-state index in [1.54, 1.807) is 7.11 Å². The number of carbonyl (C=O) groups excluding carboxylic acids is 2. The molecule has 1 fully saturated rings. The minimum absolute atomic E-state index is 0.00915. The number of benzene rings is 1. The summed E-state index contributed by atoms with van der Waals surface area (Å²) in [6.07, 6.45) is 2.10. The lowest BCUT2D eigenvalue weighted by atomic mass is 10.1. The smallest absolute Gasteiger partial charge is 0.245 e. The summed E-state index contributed by atoms with van der Waals surface area (Å²) >= 11 is 0. The normalized spacial score (nSPS) is 17.9. The van der Waals surface area contributed by atoms with Crippen LogP contribution in [-0.2, 0) is 14.3 Å². The molecule has 0 atom stereocenters. The third-order valence-electron chi connectivity index (χ3n) is 4.74. The van der Waals surface area contributed by atoms with Crippen molar-refractivity contribution >= 4 is 17.5 Å². The molecule has 27 heavy (non-hydrogen) atoms. The Balaban J connectivity index is 1.47. The average Bonchev–Trinajstić information content (AvgIpc) is 2.70. The molecular weight excluding hydrogens is 348 g/mol. The Kier molecular flexibility index (Phi) is 6.67. The van der Waals surface area contributed by atoms with Crippen LogP contribution < -0.4 is 20.4 Å². The average molecular weight is 375 g/mol. The predicted molar refractivity (Wildman–Crippen MR) is 99.8 cm³/mol. The monoisotopic (exact) mass is 375 g/mol. The van der Waals surface area contributed by atoms with Gasteiger partial charge in [-0.25, -0.2) is 5.01 Å². The Morgan fingerprint density at radius 1 is 1.30 bits per heavy atom. The maximum absolute atomic E-state index is 12.2. The number of quaternary nitrogens is 1. The van der Waals surface area contributed by atoms with Gasteiger partial charge < -0.3 is 19.7 Å². The van der Waals surface area contributed by atoms with Crippen molar-refractivity contribution in [2.45, 2.75) is 6.42 Å². The van der Waals surface area contributed by atoms with Gasteiger partial charge in [0.05, 0.1) is 39.1 Å². The van der Waals surface area contributed by atoms with Crippen molar-refractivity contribution in [2.24, 2.45) is 0 Å². The summed E-state index contributed by atoms with van der Waals surface area (Å²) in [5.41, 5.74) is 4.79. The quantitative estimate of drug-likeness (QED) is 0.558. The van der Waals surface area contributed by atoms with Crippen LogP contribution in [0.15, 0.2) is 30.3 Å². The van der Waals surface area contributed by atoms with Gasteiger partial charge in [0.15, 0.2) is 0 Å². The molecule has 0 unspecified atom stereocenters. The second-order valence-corrected chi connectivity index (χ2v) is 6.60. The maximum Gasteiger partial charge on any atom is 0.245 e. The lowest BCUT2D eigenvalue weighted by Gasteiger charge is -2.29. The van der Waals surface area contributed by atoms with Gasteiger partial charge in [0.25, 0.3) is 0 Å². The largest absolute Gasteiger partial charge is 0.497 e. The van der Waals surface area contributed by atoms with Crippen LogP contribution in [0.2, 0.25) is 0 Å². The van der Waals surface area contributed by atoms with E-state index in [0.29, 0.717) is 6.54 Å². The Hall–Kier alpha value is -2.58. The van der Waals surface area contributed by atoms with Gasteiger partial charge in [-0.3, -0.25) is 15.0 Å². The lowest BCUT2D eigenvalue weighted by molar-refractivity contribution is -0.906. The van der Waals surface area contributed by atoms with Crippen LogP contribution in [-0.4, -0.2) is 69.9 Å². The van der Waals surface area contributed by atoms with Crippen molar-refractivity contribution in [1.29, 1.82) is 0 Å². The first-order chi connectivity index (χ1) is 13.2. The fourth-order valence-corrected chi connectivity index (χ4v) is 3.12. The van der Waals surface area contributed by atoms with Crippen molar-refractivity contribution in [3.8, 4) is 5.75 Å². The molecule has 0 saturated carbocycles. The summed E-state index contributed by atoms with van der Waals surface area (Å²) in [6.45, 7) is 4.94. The summed E-state index contributed by atoms with van der Waals surface area (Å²) in [4.78, 5) is 25.8. The minimum Gasteiger partial charge on any atom is -0.497 e. The Morgan fingerprint density at radius 2 is 2.04 bits per heavy atom. The molecule has 0 bridgehead atoms. The number of methoxy groups -OCH3 is 1. The van der Waals surface area contributed by atoms with Crippen molar-refractivity contribution in [1.82, 2.24) is 15.8 Å². The van der Waals surface area contributed by atoms with Crippen LogP contribution >= 0.6 is 0 Å². The number of nitrogens with zero attached hydrogens (tertiary/aromatic N) is 1. The van der Waals surface area contributed by atoms with Crippen molar-refractivity contribution in [3.63, 3.8) is 0 Å². The number of hydrazine groups is 1. The van der Waals surface area contributed by atoms with E-state index in [4.69, 9.17) is 9.47 Å². The zero-order valence-corrected chi connectivity index (χ0v) is 15.6. The number of carbonyl (C=O) groups is 2. The molecule has 0 spiro atoms.